The average molecular weight is 262 g/mol. The fourth-order valence-corrected chi connectivity index (χ4v) is 2.76. The standard InChI is InChI=1S/C16H26N2O/c1-12-10-16(19-3)13(2)9-14(12)11-17-8-6-15-5-4-7-18-15/h9-10,15,17-18H,4-8,11H2,1-3H3. The second-order valence-corrected chi connectivity index (χ2v) is 5.51. The quantitative estimate of drug-likeness (QED) is 0.773. The highest BCUT2D eigenvalue weighted by Gasteiger charge is 2.12. The van der Waals surface area contributed by atoms with E-state index in [9.17, 15) is 0 Å². The van der Waals surface area contributed by atoms with E-state index in [1.165, 1.54) is 42.5 Å². The molecule has 1 unspecified atom stereocenters. The van der Waals surface area contributed by atoms with Crippen molar-refractivity contribution in [2.24, 2.45) is 0 Å². The van der Waals surface area contributed by atoms with Crippen molar-refractivity contribution >= 4 is 0 Å². The molecule has 1 aliphatic rings. The summed E-state index contributed by atoms with van der Waals surface area (Å²) in [6.07, 6.45) is 3.90. The van der Waals surface area contributed by atoms with Gasteiger partial charge in [0.1, 0.15) is 5.75 Å². The zero-order valence-corrected chi connectivity index (χ0v) is 12.4. The van der Waals surface area contributed by atoms with E-state index in [1.807, 2.05) is 0 Å². The molecule has 19 heavy (non-hydrogen) atoms. The van der Waals surface area contributed by atoms with Crippen LogP contribution in [0.1, 0.15) is 36.0 Å². The smallest absolute Gasteiger partial charge is 0.122 e. The molecule has 2 rings (SSSR count). The van der Waals surface area contributed by atoms with E-state index in [2.05, 4.69) is 36.6 Å². The van der Waals surface area contributed by atoms with Gasteiger partial charge in [0.25, 0.3) is 0 Å². The number of nitrogens with one attached hydrogen (secondary N) is 2. The first-order valence-electron chi connectivity index (χ1n) is 7.29. The molecule has 0 spiro atoms. The number of rotatable bonds is 6. The number of benzene rings is 1. The van der Waals surface area contributed by atoms with Crippen LogP contribution in [0.2, 0.25) is 0 Å². The minimum Gasteiger partial charge on any atom is -0.496 e. The van der Waals surface area contributed by atoms with Gasteiger partial charge in [-0.05, 0) is 69.0 Å². The van der Waals surface area contributed by atoms with E-state index in [-0.39, 0.29) is 0 Å². The molecule has 2 N–H and O–H groups in total. The molecule has 1 atom stereocenters. The van der Waals surface area contributed by atoms with Crippen LogP contribution in [0.3, 0.4) is 0 Å². The third-order valence-corrected chi connectivity index (χ3v) is 4.00. The topological polar surface area (TPSA) is 33.3 Å². The van der Waals surface area contributed by atoms with Crippen LogP contribution in [0.25, 0.3) is 0 Å². The predicted octanol–water partition coefficient (Wildman–Crippen LogP) is 2.54. The van der Waals surface area contributed by atoms with E-state index in [4.69, 9.17) is 4.74 Å². The summed E-state index contributed by atoms with van der Waals surface area (Å²) in [6.45, 7) is 7.48. The van der Waals surface area contributed by atoms with Gasteiger partial charge in [-0.3, -0.25) is 0 Å². The van der Waals surface area contributed by atoms with E-state index < -0.39 is 0 Å². The first-order valence-corrected chi connectivity index (χ1v) is 7.29. The van der Waals surface area contributed by atoms with Crippen molar-refractivity contribution in [1.29, 1.82) is 0 Å². The maximum atomic E-state index is 5.35. The van der Waals surface area contributed by atoms with Crippen LogP contribution < -0.4 is 15.4 Å². The normalized spacial score (nSPS) is 18.8. The fraction of sp³-hybridized carbons (Fsp3) is 0.625. The average Bonchev–Trinajstić information content (AvgIpc) is 2.91. The Kier molecular flexibility index (Phi) is 5.23. The molecule has 3 nitrogen and oxygen atoms in total. The largest absolute Gasteiger partial charge is 0.496 e. The number of hydrogen-bond donors (Lipinski definition) is 2. The maximum Gasteiger partial charge on any atom is 0.122 e. The van der Waals surface area contributed by atoms with Crippen LogP contribution >= 0.6 is 0 Å². The highest BCUT2D eigenvalue weighted by Crippen LogP contribution is 2.22. The van der Waals surface area contributed by atoms with Crippen molar-refractivity contribution in [3.63, 3.8) is 0 Å². The highest BCUT2D eigenvalue weighted by atomic mass is 16.5. The van der Waals surface area contributed by atoms with Gasteiger partial charge in [0.05, 0.1) is 7.11 Å². The summed E-state index contributed by atoms with van der Waals surface area (Å²) in [5.74, 6) is 0.983. The molecular formula is C16H26N2O. The van der Waals surface area contributed by atoms with Gasteiger partial charge < -0.3 is 15.4 Å². The minimum absolute atomic E-state index is 0.728. The Labute approximate surface area is 116 Å². The van der Waals surface area contributed by atoms with Crippen LogP contribution in [0, 0.1) is 13.8 Å². The molecule has 1 aromatic rings. The maximum absolute atomic E-state index is 5.35. The molecule has 0 bridgehead atoms. The monoisotopic (exact) mass is 262 g/mol. The molecule has 0 radical (unpaired) electrons. The van der Waals surface area contributed by atoms with Crippen molar-refractivity contribution in [2.45, 2.75) is 45.7 Å². The molecule has 0 amide bonds. The Morgan fingerprint density at radius 3 is 2.84 bits per heavy atom. The summed E-state index contributed by atoms with van der Waals surface area (Å²) in [7, 11) is 1.73. The Hall–Kier alpha value is -1.06. The lowest BCUT2D eigenvalue weighted by Gasteiger charge is -2.14. The fourth-order valence-electron chi connectivity index (χ4n) is 2.76. The lowest BCUT2D eigenvalue weighted by Crippen LogP contribution is -2.27. The van der Waals surface area contributed by atoms with Crippen LogP contribution in [0.4, 0.5) is 0 Å². The Bertz CT molecular complexity index is 411. The van der Waals surface area contributed by atoms with Gasteiger partial charge in [-0.1, -0.05) is 6.07 Å². The summed E-state index contributed by atoms with van der Waals surface area (Å²) in [6, 6.07) is 5.09. The summed E-state index contributed by atoms with van der Waals surface area (Å²) >= 11 is 0. The third kappa shape index (κ3) is 3.95. The molecule has 1 heterocycles. The highest BCUT2D eigenvalue weighted by molar-refractivity contribution is 5.41. The molecule has 0 aromatic heterocycles. The van der Waals surface area contributed by atoms with Crippen LogP contribution in [0.5, 0.6) is 5.75 Å². The molecule has 3 heteroatoms. The van der Waals surface area contributed by atoms with Crippen molar-refractivity contribution in [1.82, 2.24) is 10.6 Å². The molecule has 1 fully saturated rings. The van der Waals surface area contributed by atoms with Crippen molar-refractivity contribution in [3.05, 3.63) is 28.8 Å². The molecule has 0 aliphatic carbocycles. The van der Waals surface area contributed by atoms with E-state index in [1.54, 1.807) is 7.11 Å². The van der Waals surface area contributed by atoms with E-state index >= 15 is 0 Å². The minimum atomic E-state index is 0.728. The third-order valence-electron chi connectivity index (χ3n) is 4.00. The van der Waals surface area contributed by atoms with Gasteiger partial charge in [0.2, 0.25) is 0 Å². The zero-order valence-electron chi connectivity index (χ0n) is 12.4. The number of methoxy groups -OCH3 is 1. The number of aryl methyl sites for hydroxylation is 2. The number of hydrogen-bond acceptors (Lipinski definition) is 3. The zero-order chi connectivity index (χ0) is 13.7. The van der Waals surface area contributed by atoms with Gasteiger partial charge in [-0.15, -0.1) is 0 Å². The van der Waals surface area contributed by atoms with Gasteiger partial charge in [0, 0.05) is 12.6 Å². The molecule has 106 valence electrons. The molecule has 0 saturated carbocycles. The lowest BCUT2D eigenvalue weighted by atomic mass is 10.0. The SMILES string of the molecule is COc1cc(C)c(CNCCC2CCCN2)cc1C. The molecular weight excluding hydrogens is 236 g/mol. The Morgan fingerprint density at radius 1 is 1.32 bits per heavy atom. The molecule has 1 saturated heterocycles. The Morgan fingerprint density at radius 2 is 2.16 bits per heavy atom. The molecule has 1 aliphatic heterocycles. The predicted molar refractivity (Wildman–Crippen MR) is 79.8 cm³/mol. The second-order valence-electron chi connectivity index (χ2n) is 5.51. The van der Waals surface area contributed by atoms with Gasteiger partial charge >= 0.3 is 0 Å². The van der Waals surface area contributed by atoms with Gasteiger partial charge in [0.15, 0.2) is 0 Å². The second kappa shape index (κ2) is 6.92. The first kappa shape index (κ1) is 14.4. The first-order chi connectivity index (χ1) is 9.20. The van der Waals surface area contributed by atoms with Crippen molar-refractivity contribution in [2.75, 3.05) is 20.2 Å². The summed E-state index contributed by atoms with van der Waals surface area (Å²) in [5, 5.41) is 7.09. The summed E-state index contributed by atoms with van der Waals surface area (Å²) in [4.78, 5) is 0. The Balaban J connectivity index is 1.80. The van der Waals surface area contributed by atoms with Crippen LogP contribution in [-0.2, 0) is 6.54 Å². The van der Waals surface area contributed by atoms with E-state index in [0.717, 1.165) is 24.9 Å². The summed E-state index contributed by atoms with van der Waals surface area (Å²) in [5.41, 5.74) is 3.88. The summed E-state index contributed by atoms with van der Waals surface area (Å²) < 4.78 is 5.35. The number of ether oxygens (including phenoxy) is 1. The van der Waals surface area contributed by atoms with Crippen LogP contribution in [0.15, 0.2) is 12.1 Å². The van der Waals surface area contributed by atoms with Crippen molar-refractivity contribution < 1.29 is 4.74 Å². The lowest BCUT2D eigenvalue weighted by molar-refractivity contribution is 0.411. The van der Waals surface area contributed by atoms with Crippen LogP contribution in [-0.4, -0.2) is 26.2 Å². The van der Waals surface area contributed by atoms with Gasteiger partial charge in [-0.25, -0.2) is 0 Å². The molecule has 1 aromatic carbocycles. The van der Waals surface area contributed by atoms with E-state index in [0.29, 0.717) is 0 Å². The van der Waals surface area contributed by atoms with Crippen molar-refractivity contribution in [3.8, 4) is 5.75 Å². The van der Waals surface area contributed by atoms with Gasteiger partial charge in [-0.2, -0.15) is 0 Å².